The smallest absolute Gasteiger partial charge is 0.217 e. The van der Waals surface area contributed by atoms with Gasteiger partial charge in [-0.15, -0.1) is 0 Å². The largest absolute Gasteiger partial charge is 0.352 e. The van der Waals surface area contributed by atoms with Crippen molar-refractivity contribution in [1.29, 1.82) is 0 Å². The van der Waals surface area contributed by atoms with Gasteiger partial charge < -0.3 is 5.32 Å². The van der Waals surface area contributed by atoms with E-state index in [2.05, 4.69) is 31.0 Å². The van der Waals surface area contributed by atoms with Gasteiger partial charge >= 0.3 is 0 Å². The Bertz CT molecular complexity index is 299. The Kier molecular flexibility index (Phi) is 4.31. The fourth-order valence-electron chi connectivity index (χ4n) is 3.26. The zero-order chi connectivity index (χ0) is 13.3. The molecule has 0 bridgehead atoms. The van der Waals surface area contributed by atoms with E-state index in [1.165, 1.54) is 19.4 Å². The van der Waals surface area contributed by atoms with Crippen LogP contribution in [-0.4, -0.2) is 36.0 Å². The van der Waals surface area contributed by atoms with Crippen molar-refractivity contribution < 1.29 is 4.79 Å². The van der Waals surface area contributed by atoms with Gasteiger partial charge in [0, 0.05) is 32.1 Å². The average molecular weight is 252 g/mol. The van der Waals surface area contributed by atoms with Crippen LogP contribution >= 0.6 is 0 Å². The van der Waals surface area contributed by atoms with E-state index in [-0.39, 0.29) is 5.91 Å². The molecule has 3 atom stereocenters. The number of carbonyl (C=O) groups is 1. The number of likely N-dealkylation sites (tertiary alicyclic amines) is 1. The number of hydrogen-bond donors (Lipinski definition) is 1. The molecule has 0 aromatic rings. The van der Waals surface area contributed by atoms with Crippen LogP contribution < -0.4 is 5.32 Å². The summed E-state index contributed by atoms with van der Waals surface area (Å²) in [6.45, 7) is 10.9. The van der Waals surface area contributed by atoms with Crippen LogP contribution in [0.1, 0.15) is 47.0 Å². The lowest BCUT2D eigenvalue weighted by atomic mass is 9.84. The Labute approximate surface area is 111 Å². The van der Waals surface area contributed by atoms with Crippen molar-refractivity contribution >= 4 is 5.91 Å². The number of nitrogens with one attached hydrogen (secondary N) is 1. The van der Waals surface area contributed by atoms with Crippen molar-refractivity contribution in [2.75, 3.05) is 13.1 Å². The molecule has 104 valence electrons. The predicted molar refractivity (Wildman–Crippen MR) is 74.3 cm³/mol. The van der Waals surface area contributed by atoms with Gasteiger partial charge in [-0.2, -0.15) is 0 Å². The highest BCUT2D eigenvalue weighted by Crippen LogP contribution is 2.37. The molecule has 1 amide bonds. The van der Waals surface area contributed by atoms with E-state index in [0.29, 0.717) is 18.0 Å². The van der Waals surface area contributed by atoms with Gasteiger partial charge in [-0.25, -0.2) is 0 Å². The Morgan fingerprint density at radius 2 is 1.83 bits per heavy atom. The fraction of sp³-hybridized carbons (Fsp3) is 0.933. The summed E-state index contributed by atoms with van der Waals surface area (Å²) < 4.78 is 0. The molecule has 1 aliphatic carbocycles. The second kappa shape index (κ2) is 5.60. The second-order valence-corrected chi connectivity index (χ2v) is 6.67. The summed E-state index contributed by atoms with van der Waals surface area (Å²) in [6, 6.07) is 1.05. The Balaban J connectivity index is 1.98. The minimum Gasteiger partial charge on any atom is -0.352 e. The molecule has 1 saturated heterocycles. The Morgan fingerprint density at radius 1 is 1.17 bits per heavy atom. The predicted octanol–water partition coefficient (Wildman–Crippen LogP) is 2.27. The van der Waals surface area contributed by atoms with Crippen molar-refractivity contribution in [3.8, 4) is 0 Å². The number of piperidine rings is 1. The molecule has 1 saturated carbocycles. The highest BCUT2D eigenvalue weighted by Gasteiger charge is 2.37. The van der Waals surface area contributed by atoms with Gasteiger partial charge in [-0.3, -0.25) is 9.69 Å². The summed E-state index contributed by atoms with van der Waals surface area (Å²) in [6.07, 6.45) is 3.94. The maximum Gasteiger partial charge on any atom is 0.217 e. The molecule has 2 rings (SSSR count). The summed E-state index contributed by atoms with van der Waals surface area (Å²) in [5.41, 5.74) is 0. The number of nitrogens with zero attached hydrogens (tertiary/aromatic N) is 1. The molecule has 0 radical (unpaired) electrons. The molecule has 0 spiro atoms. The Hall–Kier alpha value is -0.570. The van der Waals surface area contributed by atoms with Gasteiger partial charge in [-0.05, 0) is 43.9 Å². The lowest BCUT2D eigenvalue weighted by Gasteiger charge is -2.42. The maximum absolute atomic E-state index is 11.3. The SMILES string of the molecule is CC(=O)NC1CC(C(C)C)CN(C(C)C2CC2)C1. The molecule has 1 aliphatic heterocycles. The third kappa shape index (κ3) is 3.47. The maximum atomic E-state index is 11.3. The van der Waals surface area contributed by atoms with Crippen molar-refractivity contribution in [3.63, 3.8) is 0 Å². The second-order valence-electron chi connectivity index (χ2n) is 6.67. The van der Waals surface area contributed by atoms with Crippen molar-refractivity contribution in [1.82, 2.24) is 10.2 Å². The summed E-state index contributed by atoms with van der Waals surface area (Å²) in [4.78, 5) is 13.9. The molecule has 1 heterocycles. The van der Waals surface area contributed by atoms with Crippen LogP contribution in [0, 0.1) is 17.8 Å². The van der Waals surface area contributed by atoms with Crippen LogP contribution in [-0.2, 0) is 4.79 Å². The fourth-order valence-corrected chi connectivity index (χ4v) is 3.26. The standard InChI is InChI=1S/C15H28N2O/c1-10(2)14-7-15(16-12(4)18)9-17(8-14)11(3)13-5-6-13/h10-11,13-15H,5-9H2,1-4H3,(H,16,18). The first-order valence-corrected chi connectivity index (χ1v) is 7.48. The van der Waals surface area contributed by atoms with E-state index < -0.39 is 0 Å². The summed E-state index contributed by atoms with van der Waals surface area (Å²) in [5, 5.41) is 3.13. The van der Waals surface area contributed by atoms with Gasteiger partial charge in [-0.1, -0.05) is 13.8 Å². The molecule has 0 aromatic heterocycles. The van der Waals surface area contributed by atoms with E-state index >= 15 is 0 Å². The molecule has 1 N–H and O–H groups in total. The zero-order valence-electron chi connectivity index (χ0n) is 12.3. The van der Waals surface area contributed by atoms with Crippen LogP contribution in [0.2, 0.25) is 0 Å². The van der Waals surface area contributed by atoms with E-state index in [0.717, 1.165) is 24.8 Å². The summed E-state index contributed by atoms with van der Waals surface area (Å²) in [7, 11) is 0. The first kappa shape index (κ1) is 13.9. The average Bonchev–Trinajstić information content (AvgIpc) is 3.10. The topological polar surface area (TPSA) is 32.3 Å². The summed E-state index contributed by atoms with van der Waals surface area (Å²) >= 11 is 0. The quantitative estimate of drug-likeness (QED) is 0.832. The van der Waals surface area contributed by atoms with Crippen molar-refractivity contribution in [2.24, 2.45) is 17.8 Å². The van der Waals surface area contributed by atoms with E-state index in [4.69, 9.17) is 0 Å². The van der Waals surface area contributed by atoms with Gasteiger partial charge in [0.2, 0.25) is 5.91 Å². The van der Waals surface area contributed by atoms with Crippen LogP contribution in [0.3, 0.4) is 0 Å². The minimum absolute atomic E-state index is 0.114. The number of amides is 1. The van der Waals surface area contributed by atoms with Crippen molar-refractivity contribution in [3.05, 3.63) is 0 Å². The van der Waals surface area contributed by atoms with Crippen LogP contribution in [0.4, 0.5) is 0 Å². The van der Waals surface area contributed by atoms with Crippen LogP contribution in [0.25, 0.3) is 0 Å². The molecule has 18 heavy (non-hydrogen) atoms. The van der Waals surface area contributed by atoms with E-state index in [1.807, 2.05) is 0 Å². The third-order valence-electron chi connectivity index (χ3n) is 4.74. The molecule has 3 unspecified atom stereocenters. The van der Waals surface area contributed by atoms with Gasteiger partial charge in [0.15, 0.2) is 0 Å². The molecule has 3 heteroatoms. The lowest BCUT2D eigenvalue weighted by molar-refractivity contribution is -0.120. The summed E-state index contributed by atoms with van der Waals surface area (Å²) in [5.74, 6) is 2.45. The first-order chi connectivity index (χ1) is 8.47. The number of rotatable bonds is 4. The number of carbonyl (C=O) groups excluding carboxylic acids is 1. The van der Waals surface area contributed by atoms with E-state index in [1.54, 1.807) is 6.92 Å². The minimum atomic E-state index is 0.114. The van der Waals surface area contributed by atoms with E-state index in [9.17, 15) is 4.79 Å². The van der Waals surface area contributed by atoms with Gasteiger partial charge in [0.25, 0.3) is 0 Å². The molecular formula is C15H28N2O. The monoisotopic (exact) mass is 252 g/mol. The third-order valence-corrected chi connectivity index (χ3v) is 4.74. The van der Waals surface area contributed by atoms with Gasteiger partial charge in [0.05, 0.1) is 0 Å². The molecule has 2 fully saturated rings. The van der Waals surface area contributed by atoms with Crippen LogP contribution in [0.15, 0.2) is 0 Å². The van der Waals surface area contributed by atoms with Crippen LogP contribution in [0.5, 0.6) is 0 Å². The molecule has 2 aliphatic rings. The Morgan fingerprint density at radius 3 is 2.33 bits per heavy atom. The highest BCUT2D eigenvalue weighted by atomic mass is 16.1. The zero-order valence-corrected chi connectivity index (χ0v) is 12.3. The first-order valence-electron chi connectivity index (χ1n) is 7.48. The highest BCUT2D eigenvalue weighted by molar-refractivity contribution is 5.73. The normalized spacial score (nSPS) is 31.4. The molecule has 0 aromatic carbocycles. The lowest BCUT2D eigenvalue weighted by Crippen LogP contribution is -2.54. The van der Waals surface area contributed by atoms with Crippen molar-refractivity contribution in [2.45, 2.75) is 59.0 Å². The number of hydrogen-bond acceptors (Lipinski definition) is 2. The van der Waals surface area contributed by atoms with Gasteiger partial charge in [0.1, 0.15) is 0 Å². The molecule has 3 nitrogen and oxygen atoms in total. The molecular weight excluding hydrogens is 224 g/mol.